The van der Waals surface area contributed by atoms with Gasteiger partial charge in [-0.25, -0.2) is 4.39 Å². The third-order valence-corrected chi connectivity index (χ3v) is 3.71. The van der Waals surface area contributed by atoms with Crippen LogP contribution in [0.2, 0.25) is 0 Å². The average molecular weight is 249 g/mol. The molecule has 0 atom stereocenters. The number of benzene rings is 1. The standard InChI is InChI=1S/C16H24FN/c1-15(2,3)14-9-12(16(4,5)17)8-11-6-7-18-10-13(11)14/h8-9,18H,6-7,10H2,1-5H3. The number of rotatable bonds is 1. The number of halogens is 1. The van der Waals surface area contributed by atoms with Gasteiger partial charge in [0, 0.05) is 6.54 Å². The largest absolute Gasteiger partial charge is 0.312 e. The average Bonchev–Trinajstić information content (AvgIpc) is 2.25. The molecule has 0 amide bonds. The summed E-state index contributed by atoms with van der Waals surface area (Å²) in [6.45, 7) is 11.8. The molecule has 1 aromatic carbocycles. The molecule has 0 bridgehead atoms. The fourth-order valence-corrected chi connectivity index (χ4v) is 2.61. The Kier molecular flexibility index (Phi) is 3.26. The molecule has 1 nitrogen and oxygen atoms in total. The van der Waals surface area contributed by atoms with Gasteiger partial charge in [0.1, 0.15) is 5.67 Å². The highest BCUT2D eigenvalue weighted by molar-refractivity contribution is 5.45. The molecule has 1 aliphatic rings. The third-order valence-electron chi connectivity index (χ3n) is 3.71. The van der Waals surface area contributed by atoms with Gasteiger partial charge in [-0.2, -0.15) is 0 Å². The van der Waals surface area contributed by atoms with Gasteiger partial charge in [-0.3, -0.25) is 0 Å². The van der Waals surface area contributed by atoms with Crippen LogP contribution in [-0.2, 0) is 24.0 Å². The maximum atomic E-state index is 14.2. The molecule has 1 aliphatic heterocycles. The maximum absolute atomic E-state index is 14.2. The topological polar surface area (TPSA) is 12.0 Å². The minimum atomic E-state index is -1.26. The molecule has 0 aromatic heterocycles. The molecule has 0 spiro atoms. The van der Waals surface area contributed by atoms with E-state index in [0.29, 0.717) is 0 Å². The molecule has 0 unspecified atom stereocenters. The fraction of sp³-hybridized carbons (Fsp3) is 0.625. The molecule has 1 heterocycles. The Balaban J connectivity index is 2.63. The van der Waals surface area contributed by atoms with Gasteiger partial charge in [0.25, 0.3) is 0 Å². The first kappa shape index (κ1) is 13.5. The molecule has 2 heteroatoms. The minimum Gasteiger partial charge on any atom is -0.312 e. The van der Waals surface area contributed by atoms with Crippen LogP contribution in [0.5, 0.6) is 0 Å². The van der Waals surface area contributed by atoms with E-state index >= 15 is 0 Å². The zero-order chi connectivity index (χ0) is 13.6. The molecule has 0 aliphatic carbocycles. The third kappa shape index (κ3) is 2.59. The molecular weight excluding hydrogens is 225 g/mol. The van der Waals surface area contributed by atoms with Gasteiger partial charge in [-0.05, 0) is 54.5 Å². The van der Waals surface area contributed by atoms with Crippen molar-refractivity contribution in [3.05, 3.63) is 34.4 Å². The summed E-state index contributed by atoms with van der Waals surface area (Å²) in [6, 6.07) is 4.12. The Morgan fingerprint density at radius 2 is 1.78 bits per heavy atom. The highest BCUT2D eigenvalue weighted by atomic mass is 19.1. The van der Waals surface area contributed by atoms with Crippen molar-refractivity contribution in [1.29, 1.82) is 0 Å². The predicted molar refractivity (Wildman–Crippen MR) is 74.7 cm³/mol. The van der Waals surface area contributed by atoms with Gasteiger partial charge in [0.15, 0.2) is 0 Å². The molecule has 0 saturated carbocycles. The maximum Gasteiger partial charge on any atom is 0.130 e. The van der Waals surface area contributed by atoms with E-state index in [-0.39, 0.29) is 5.41 Å². The van der Waals surface area contributed by atoms with Gasteiger partial charge in [0.05, 0.1) is 0 Å². The van der Waals surface area contributed by atoms with Crippen LogP contribution < -0.4 is 5.32 Å². The van der Waals surface area contributed by atoms with Crippen molar-refractivity contribution in [3.8, 4) is 0 Å². The van der Waals surface area contributed by atoms with Crippen molar-refractivity contribution in [2.45, 2.75) is 58.7 Å². The van der Waals surface area contributed by atoms with E-state index in [4.69, 9.17) is 0 Å². The molecule has 0 fully saturated rings. The van der Waals surface area contributed by atoms with Crippen LogP contribution in [-0.4, -0.2) is 6.54 Å². The summed E-state index contributed by atoms with van der Waals surface area (Å²) in [4.78, 5) is 0. The number of hydrogen-bond donors (Lipinski definition) is 1. The lowest BCUT2D eigenvalue weighted by Crippen LogP contribution is -2.29. The van der Waals surface area contributed by atoms with Crippen molar-refractivity contribution in [2.75, 3.05) is 6.54 Å². The first-order valence-electron chi connectivity index (χ1n) is 6.76. The summed E-state index contributed by atoms with van der Waals surface area (Å²) in [5.41, 5.74) is 3.59. The number of fused-ring (bicyclic) bond motifs is 1. The second-order valence-electron chi connectivity index (χ2n) is 6.81. The normalized spacial score (nSPS) is 16.6. The molecule has 1 N–H and O–H groups in total. The molecular formula is C16H24FN. The lowest BCUT2D eigenvalue weighted by molar-refractivity contribution is 0.221. The summed E-state index contributed by atoms with van der Waals surface area (Å²) >= 11 is 0. The predicted octanol–water partition coefficient (Wildman–Crippen LogP) is 3.83. The molecule has 2 rings (SSSR count). The van der Waals surface area contributed by atoms with Crippen molar-refractivity contribution in [2.24, 2.45) is 0 Å². The smallest absolute Gasteiger partial charge is 0.130 e. The van der Waals surface area contributed by atoms with Crippen molar-refractivity contribution < 1.29 is 4.39 Å². The van der Waals surface area contributed by atoms with E-state index in [1.54, 1.807) is 13.8 Å². The van der Waals surface area contributed by atoms with Crippen molar-refractivity contribution >= 4 is 0 Å². The van der Waals surface area contributed by atoms with Crippen LogP contribution in [0.4, 0.5) is 4.39 Å². The fourth-order valence-electron chi connectivity index (χ4n) is 2.61. The quantitative estimate of drug-likeness (QED) is 0.797. The minimum absolute atomic E-state index is 0.0599. The Bertz CT molecular complexity index is 449. The van der Waals surface area contributed by atoms with E-state index < -0.39 is 5.67 Å². The molecule has 0 radical (unpaired) electrons. The highest BCUT2D eigenvalue weighted by Crippen LogP contribution is 2.35. The Morgan fingerprint density at radius 1 is 1.11 bits per heavy atom. The molecule has 0 saturated heterocycles. The van der Waals surface area contributed by atoms with Gasteiger partial charge in [0.2, 0.25) is 0 Å². The summed E-state index contributed by atoms with van der Waals surface area (Å²) in [7, 11) is 0. The number of hydrogen-bond acceptors (Lipinski definition) is 1. The summed E-state index contributed by atoms with van der Waals surface area (Å²) in [6.07, 6.45) is 1.00. The first-order chi connectivity index (χ1) is 8.19. The number of nitrogens with one attached hydrogen (secondary N) is 1. The molecule has 100 valence electrons. The van der Waals surface area contributed by atoms with E-state index in [0.717, 1.165) is 25.1 Å². The van der Waals surface area contributed by atoms with Crippen LogP contribution in [0, 0.1) is 0 Å². The molecule has 18 heavy (non-hydrogen) atoms. The number of alkyl halides is 1. The SMILES string of the molecule is CC(C)(C)c1cc(C(C)(C)F)cc2c1CNCC2. The van der Waals surface area contributed by atoms with Gasteiger partial charge in [-0.15, -0.1) is 0 Å². The van der Waals surface area contributed by atoms with Gasteiger partial charge >= 0.3 is 0 Å². The van der Waals surface area contributed by atoms with E-state index in [9.17, 15) is 4.39 Å². The molecule has 1 aromatic rings. The van der Waals surface area contributed by atoms with E-state index in [2.05, 4.69) is 38.2 Å². The lowest BCUT2D eigenvalue weighted by Gasteiger charge is -2.30. The Morgan fingerprint density at radius 3 is 2.33 bits per heavy atom. The van der Waals surface area contributed by atoms with Crippen LogP contribution in [0.1, 0.15) is 56.9 Å². The van der Waals surface area contributed by atoms with Crippen LogP contribution in [0.3, 0.4) is 0 Å². The zero-order valence-corrected chi connectivity index (χ0v) is 12.2. The summed E-state index contributed by atoms with van der Waals surface area (Å²) < 4.78 is 14.2. The lowest BCUT2D eigenvalue weighted by atomic mass is 9.78. The summed E-state index contributed by atoms with van der Waals surface area (Å²) in [5.74, 6) is 0. The van der Waals surface area contributed by atoms with Gasteiger partial charge in [-0.1, -0.05) is 32.9 Å². The summed E-state index contributed by atoms with van der Waals surface area (Å²) in [5, 5.41) is 3.42. The van der Waals surface area contributed by atoms with Crippen molar-refractivity contribution in [1.82, 2.24) is 5.32 Å². The highest BCUT2D eigenvalue weighted by Gasteiger charge is 2.27. The van der Waals surface area contributed by atoms with E-state index in [1.807, 2.05) is 0 Å². The Labute approximate surface area is 110 Å². The monoisotopic (exact) mass is 249 g/mol. The van der Waals surface area contributed by atoms with Crippen LogP contribution >= 0.6 is 0 Å². The van der Waals surface area contributed by atoms with Crippen LogP contribution in [0.25, 0.3) is 0 Å². The Hall–Kier alpha value is -0.890. The van der Waals surface area contributed by atoms with Crippen molar-refractivity contribution in [3.63, 3.8) is 0 Å². The first-order valence-corrected chi connectivity index (χ1v) is 6.76. The van der Waals surface area contributed by atoms with E-state index in [1.165, 1.54) is 16.7 Å². The zero-order valence-electron chi connectivity index (χ0n) is 12.2. The van der Waals surface area contributed by atoms with Gasteiger partial charge < -0.3 is 5.32 Å². The van der Waals surface area contributed by atoms with Crippen LogP contribution in [0.15, 0.2) is 12.1 Å². The second-order valence-corrected chi connectivity index (χ2v) is 6.81. The second kappa shape index (κ2) is 4.34.